The van der Waals surface area contributed by atoms with Crippen molar-refractivity contribution in [3.05, 3.63) is 99.0 Å². The largest absolute Gasteiger partial charge is 0.354 e. The Kier molecular flexibility index (Phi) is 11.3. The maximum absolute atomic E-state index is 14.1. The SMILES string of the molecule is CC(C)CNC(=O)[C@H](Cc1ccccc1)N(Cc1ccc(Cl)cc1)C(=O)CN(c1cc(Cl)ccc1Cl)S(C)(=O)=O. The van der Waals surface area contributed by atoms with E-state index in [-0.39, 0.29) is 40.5 Å². The van der Waals surface area contributed by atoms with E-state index in [2.05, 4.69) is 5.32 Å². The van der Waals surface area contributed by atoms with Gasteiger partial charge in [-0.3, -0.25) is 13.9 Å². The van der Waals surface area contributed by atoms with Crippen LogP contribution in [0.3, 0.4) is 0 Å². The lowest BCUT2D eigenvalue weighted by Crippen LogP contribution is -2.53. The molecule has 40 heavy (non-hydrogen) atoms. The number of rotatable bonds is 12. The zero-order chi connectivity index (χ0) is 29.4. The molecule has 0 saturated heterocycles. The Bertz CT molecular complexity index is 1420. The molecule has 0 unspecified atom stereocenters. The lowest BCUT2D eigenvalue weighted by Gasteiger charge is -2.34. The van der Waals surface area contributed by atoms with Gasteiger partial charge in [-0.15, -0.1) is 0 Å². The molecule has 3 rings (SSSR count). The molecule has 2 amide bonds. The van der Waals surface area contributed by atoms with Crippen LogP contribution in [-0.2, 0) is 32.6 Å². The van der Waals surface area contributed by atoms with Crippen molar-refractivity contribution in [1.82, 2.24) is 10.2 Å². The predicted molar refractivity (Wildman–Crippen MR) is 162 cm³/mol. The van der Waals surface area contributed by atoms with Gasteiger partial charge in [0.25, 0.3) is 0 Å². The van der Waals surface area contributed by atoms with Gasteiger partial charge in [-0.1, -0.05) is 91.1 Å². The highest BCUT2D eigenvalue weighted by molar-refractivity contribution is 7.92. The van der Waals surface area contributed by atoms with Crippen LogP contribution >= 0.6 is 34.8 Å². The Morgan fingerprint density at radius 2 is 1.50 bits per heavy atom. The van der Waals surface area contributed by atoms with E-state index in [0.717, 1.165) is 21.7 Å². The van der Waals surface area contributed by atoms with Crippen molar-refractivity contribution in [2.75, 3.05) is 23.7 Å². The smallest absolute Gasteiger partial charge is 0.244 e. The summed E-state index contributed by atoms with van der Waals surface area (Å²) in [6.45, 7) is 3.82. The molecule has 0 aliphatic rings. The second kappa shape index (κ2) is 14.2. The number of amides is 2. The van der Waals surface area contributed by atoms with Gasteiger partial charge in [0.15, 0.2) is 0 Å². The van der Waals surface area contributed by atoms with Crippen LogP contribution in [0, 0.1) is 5.92 Å². The number of hydrogen-bond acceptors (Lipinski definition) is 4. The zero-order valence-corrected chi connectivity index (χ0v) is 25.6. The number of carbonyl (C=O) groups excluding carboxylic acids is 2. The Labute approximate surface area is 251 Å². The number of hydrogen-bond donors (Lipinski definition) is 1. The fraction of sp³-hybridized carbons (Fsp3) is 0.310. The summed E-state index contributed by atoms with van der Waals surface area (Å²) in [5.41, 5.74) is 1.64. The Morgan fingerprint density at radius 1 is 0.875 bits per heavy atom. The summed E-state index contributed by atoms with van der Waals surface area (Å²) in [4.78, 5) is 29.1. The first-order chi connectivity index (χ1) is 18.8. The molecular weight excluding hydrogens is 593 g/mol. The topological polar surface area (TPSA) is 86.8 Å². The van der Waals surface area contributed by atoms with E-state index >= 15 is 0 Å². The molecule has 7 nitrogen and oxygen atoms in total. The van der Waals surface area contributed by atoms with Crippen molar-refractivity contribution in [3.8, 4) is 0 Å². The summed E-state index contributed by atoms with van der Waals surface area (Å²) in [7, 11) is -3.97. The predicted octanol–water partition coefficient (Wildman–Crippen LogP) is 5.83. The quantitative estimate of drug-likeness (QED) is 0.275. The Balaban J connectivity index is 2.06. The van der Waals surface area contributed by atoms with E-state index in [1.807, 2.05) is 44.2 Å². The van der Waals surface area contributed by atoms with E-state index in [1.54, 1.807) is 24.3 Å². The molecule has 0 fully saturated rings. The zero-order valence-electron chi connectivity index (χ0n) is 22.5. The van der Waals surface area contributed by atoms with Gasteiger partial charge in [-0.05, 0) is 47.4 Å². The molecule has 214 valence electrons. The summed E-state index contributed by atoms with van der Waals surface area (Å²) in [6.07, 6.45) is 1.21. The van der Waals surface area contributed by atoms with Crippen molar-refractivity contribution in [2.45, 2.75) is 32.9 Å². The summed E-state index contributed by atoms with van der Waals surface area (Å²) in [6, 6.07) is 19.7. The lowest BCUT2D eigenvalue weighted by atomic mass is 10.0. The number of anilines is 1. The minimum atomic E-state index is -3.97. The maximum Gasteiger partial charge on any atom is 0.244 e. The summed E-state index contributed by atoms with van der Waals surface area (Å²) in [5, 5.41) is 3.84. The third-order valence-electron chi connectivity index (χ3n) is 6.08. The van der Waals surface area contributed by atoms with Gasteiger partial charge >= 0.3 is 0 Å². The fourth-order valence-corrected chi connectivity index (χ4v) is 5.45. The summed E-state index contributed by atoms with van der Waals surface area (Å²) < 4.78 is 26.7. The molecule has 1 N–H and O–H groups in total. The number of nitrogens with one attached hydrogen (secondary N) is 1. The molecule has 0 heterocycles. The van der Waals surface area contributed by atoms with E-state index in [0.29, 0.717) is 11.6 Å². The normalized spacial score (nSPS) is 12.2. The molecular formula is C29H32Cl3N3O4S. The third kappa shape index (κ3) is 9.13. The first-order valence-corrected chi connectivity index (χ1v) is 15.6. The maximum atomic E-state index is 14.1. The number of sulfonamides is 1. The lowest BCUT2D eigenvalue weighted by molar-refractivity contribution is -0.140. The van der Waals surface area contributed by atoms with Crippen LogP contribution in [0.15, 0.2) is 72.8 Å². The molecule has 11 heteroatoms. The summed E-state index contributed by atoms with van der Waals surface area (Å²) in [5.74, 6) is -0.740. The van der Waals surface area contributed by atoms with Gasteiger partial charge in [-0.2, -0.15) is 0 Å². The average molecular weight is 625 g/mol. The monoisotopic (exact) mass is 623 g/mol. The van der Waals surface area contributed by atoms with Gasteiger partial charge in [-0.25, -0.2) is 8.42 Å². The van der Waals surface area contributed by atoms with Crippen molar-refractivity contribution in [1.29, 1.82) is 0 Å². The van der Waals surface area contributed by atoms with E-state index < -0.39 is 28.5 Å². The van der Waals surface area contributed by atoms with Gasteiger partial charge < -0.3 is 10.2 Å². The van der Waals surface area contributed by atoms with Crippen LogP contribution < -0.4 is 9.62 Å². The van der Waals surface area contributed by atoms with E-state index in [9.17, 15) is 18.0 Å². The molecule has 0 spiro atoms. The van der Waals surface area contributed by atoms with Crippen LogP contribution in [0.25, 0.3) is 0 Å². The minimum absolute atomic E-state index is 0.0451. The molecule has 3 aromatic carbocycles. The number of benzene rings is 3. The first-order valence-electron chi connectivity index (χ1n) is 12.6. The van der Waals surface area contributed by atoms with Gasteiger partial charge in [0.2, 0.25) is 21.8 Å². The highest BCUT2D eigenvalue weighted by atomic mass is 35.5. The number of nitrogens with zero attached hydrogens (tertiary/aromatic N) is 2. The summed E-state index contributed by atoms with van der Waals surface area (Å²) >= 11 is 18.5. The molecule has 0 saturated carbocycles. The Morgan fingerprint density at radius 3 is 2.10 bits per heavy atom. The molecule has 0 aliphatic carbocycles. The molecule has 1 atom stereocenters. The molecule has 3 aromatic rings. The standard InChI is InChI=1S/C29H32Cl3N3O4S/c1-20(2)17-33-29(37)27(15-21-7-5-4-6-8-21)34(18-22-9-11-23(30)12-10-22)28(36)19-35(40(3,38)39)26-16-24(31)13-14-25(26)32/h4-14,16,20,27H,15,17-19H2,1-3H3,(H,33,37)/t27-/m0/s1. The van der Waals surface area contributed by atoms with Crippen LogP contribution in [0.4, 0.5) is 5.69 Å². The second-order valence-electron chi connectivity index (χ2n) is 9.86. The van der Waals surface area contributed by atoms with Crippen LogP contribution in [0.2, 0.25) is 15.1 Å². The highest BCUT2D eigenvalue weighted by Gasteiger charge is 2.33. The van der Waals surface area contributed by atoms with Gasteiger partial charge in [0.05, 0.1) is 17.0 Å². The average Bonchev–Trinajstić information content (AvgIpc) is 2.90. The van der Waals surface area contributed by atoms with E-state index in [1.165, 1.54) is 23.1 Å². The minimum Gasteiger partial charge on any atom is -0.354 e. The highest BCUT2D eigenvalue weighted by Crippen LogP contribution is 2.31. The van der Waals surface area contributed by atoms with Crippen molar-refractivity contribution in [2.24, 2.45) is 5.92 Å². The number of halogens is 3. The Hall–Kier alpha value is -2.78. The van der Waals surface area contributed by atoms with Crippen molar-refractivity contribution in [3.63, 3.8) is 0 Å². The molecule has 0 aromatic heterocycles. The first kappa shape index (κ1) is 31.7. The van der Waals surface area contributed by atoms with Crippen LogP contribution in [0.5, 0.6) is 0 Å². The number of carbonyl (C=O) groups is 2. The molecule has 0 bridgehead atoms. The third-order valence-corrected chi connectivity index (χ3v) is 8.01. The van der Waals surface area contributed by atoms with Gasteiger partial charge in [0, 0.05) is 29.6 Å². The fourth-order valence-electron chi connectivity index (χ4n) is 4.03. The second-order valence-corrected chi connectivity index (χ2v) is 13.0. The van der Waals surface area contributed by atoms with Crippen molar-refractivity contribution < 1.29 is 18.0 Å². The van der Waals surface area contributed by atoms with Crippen molar-refractivity contribution >= 4 is 62.3 Å². The molecule has 0 aliphatic heterocycles. The van der Waals surface area contributed by atoms with Crippen LogP contribution in [0.1, 0.15) is 25.0 Å². The molecule has 0 radical (unpaired) electrons. The van der Waals surface area contributed by atoms with Gasteiger partial charge in [0.1, 0.15) is 12.6 Å². The van der Waals surface area contributed by atoms with Crippen LogP contribution in [-0.4, -0.2) is 50.5 Å². The van der Waals surface area contributed by atoms with E-state index in [4.69, 9.17) is 34.8 Å².